The average Bonchev–Trinajstić information content (AvgIpc) is 2.59. The van der Waals surface area contributed by atoms with E-state index < -0.39 is 16.7 Å². The molecule has 0 bridgehead atoms. The van der Waals surface area contributed by atoms with Gasteiger partial charge in [0, 0.05) is 13.1 Å². The van der Waals surface area contributed by atoms with Crippen molar-refractivity contribution >= 4 is 17.3 Å². The number of methoxy groups -OCH3 is 1. The molecule has 24 heavy (non-hydrogen) atoms. The van der Waals surface area contributed by atoms with Gasteiger partial charge in [0.1, 0.15) is 12.3 Å². The molecule has 0 saturated heterocycles. The van der Waals surface area contributed by atoms with Gasteiger partial charge in [-0.05, 0) is 29.8 Å². The molecule has 0 aliphatic rings. The van der Waals surface area contributed by atoms with Crippen molar-refractivity contribution in [3.63, 3.8) is 0 Å². The Labute approximate surface area is 137 Å². The molecule has 0 spiro atoms. The Balaban J connectivity index is 2.11. The first-order chi connectivity index (χ1) is 11.5. The number of ether oxygens (including phenoxy) is 2. The van der Waals surface area contributed by atoms with Gasteiger partial charge in [0.15, 0.2) is 11.6 Å². The third-order valence-electron chi connectivity index (χ3n) is 3.29. The van der Waals surface area contributed by atoms with Crippen LogP contribution in [0.1, 0.15) is 15.9 Å². The molecule has 2 aromatic rings. The molecule has 0 saturated carbocycles. The molecular formula is C16H15FN2O5. The minimum Gasteiger partial charge on any atom is -0.494 e. The van der Waals surface area contributed by atoms with E-state index in [-0.39, 0.29) is 29.3 Å². The number of halogens is 1. The van der Waals surface area contributed by atoms with E-state index in [1.807, 2.05) is 0 Å². The summed E-state index contributed by atoms with van der Waals surface area (Å²) < 4.78 is 23.4. The molecule has 0 atom stereocenters. The summed E-state index contributed by atoms with van der Waals surface area (Å²) in [6, 6.07) is 8.13. The number of nitrogens with zero attached hydrogens (tertiary/aromatic N) is 1. The van der Waals surface area contributed by atoms with Crippen LogP contribution < -0.4 is 10.1 Å². The number of esters is 1. The minimum absolute atomic E-state index is 0.0367. The van der Waals surface area contributed by atoms with Gasteiger partial charge in [0.25, 0.3) is 5.69 Å². The second-order valence-corrected chi connectivity index (χ2v) is 4.78. The molecule has 0 heterocycles. The third-order valence-corrected chi connectivity index (χ3v) is 3.29. The largest absolute Gasteiger partial charge is 0.494 e. The molecule has 2 aromatic carbocycles. The van der Waals surface area contributed by atoms with Gasteiger partial charge in [-0.3, -0.25) is 10.1 Å². The highest BCUT2D eigenvalue weighted by atomic mass is 19.1. The zero-order chi connectivity index (χ0) is 17.7. The highest BCUT2D eigenvalue weighted by Gasteiger charge is 2.17. The number of hydrogen-bond acceptors (Lipinski definition) is 6. The number of anilines is 1. The summed E-state index contributed by atoms with van der Waals surface area (Å²) in [6.45, 7) is -0.165. The predicted molar refractivity (Wildman–Crippen MR) is 84.7 cm³/mol. The Morgan fingerprint density at radius 2 is 2.04 bits per heavy atom. The maximum Gasteiger partial charge on any atom is 0.338 e. The molecule has 0 aliphatic carbocycles. The zero-order valence-corrected chi connectivity index (χ0v) is 13.0. The Morgan fingerprint density at radius 1 is 1.29 bits per heavy atom. The van der Waals surface area contributed by atoms with Crippen LogP contribution in [0.4, 0.5) is 15.8 Å². The average molecular weight is 334 g/mol. The van der Waals surface area contributed by atoms with Crippen LogP contribution in [0.25, 0.3) is 0 Å². The van der Waals surface area contributed by atoms with Crippen LogP contribution in [-0.4, -0.2) is 25.1 Å². The van der Waals surface area contributed by atoms with Crippen molar-refractivity contribution in [2.75, 3.05) is 19.5 Å². The number of carbonyl (C=O) groups excluding carboxylic acids is 1. The second kappa shape index (κ2) is 7.40. The van der Waals surface area contributed by atoms with E-state index in [4.69, 9.17) is 9.47 Å². The van der Waals surface area contributed by atoms with Crippen molar-refractivity contribution in [1.29, 1.82) is 0 Å². The number of rotatable bonds is 6. The lowest BCUT2D eigenvalue weighted by Crippen LogP contribution is -2.07. The summed E-state index contributed by atoms with van der Waals surface area (Å²) in [6.07, 6.45) is 0. The van der Waals surface area contributed by atoms with Gasteiger partial charge >= 0.3 is 5.97 Å². The van der Waals surface area contributed by atoms with Gasteiger partial charge in [-0.1, -0.05) is 6.07 Å². The number of hydrogen-bond donors (Lipinski definition) is 1. The topological polar surface area (TPSA) is 90.7 Å². The summed E-state index contributed by atoms with van der Waals surface area (Å²) in [5.74, 6) is -1.22. The zero-order valence-electron chi connectivity index (χ0n) is 13.0. The Kier molecular flexibility index (Phi) is 5.31. The summed E-state index contributed by atoms with van der Waals surface area (Å²) >= 11 is 0. The monoisotopic (exact) mass is 334 g/mol. The number of nitrogens with one attached hydrogen (secondary N) is 1. The lowest BCUT2D eigenvalue weighted by atomic mass is 10.1. The molecule has 0 unspecified atom stereocenters. The summed E-state index contributed by atoms with van der Waals surface area (Å²) in [7, 11) is 2.89. The van der Waals surface area contributed by atoms with Crippen LogP contribution in [0.3, 0.4) is 0 Å². The fourth-order valence-corrected chi connectivity index (χ4v) is 2.05. The molecule has 2 rings (SSSR count). The number of benzene rings is 2. The van der Waals surface area contributed by atoms with Gasteiger partial charge in [0.05, 0.1) is 17.6 Å². The standard InChI is InChI=1S/C16H15FN2O5/c1-18-13-5-4-11(8-14(13)19(21)22)16(20)24-9-10-3-6-15(23-2)12(17)7-10/h3-8,18H,9H2,1-2H3. The SMILES string of the molecule is CNc1ccc(C(=O)OCc2ccc(OC)c(F)c2)cc1[N+](=O)[O-]. The normalized spacial score (nSPS) is 10.1. The van der Waals surface area contributed by atoms with Crippen LogP contribution in [0.15, 0.2) is 36.4 Å². The van der Waals surface area contributed by atoms with E-state index in [1.165, 1.54) is 31.4 Å². The minimum atomic E-state index is -0.739. The van der Waals surface area contributed by atoms with E-state index >= 15 is 0 Å². The van der Waals surface area contributed by atoms with Crippen molar-refractivity contribution in [2.45, 2.75) is 6.61 Å². The molecule has 126 valence electrons. The van der Waals surface area contributed by atoms with Gasteiger partial charge in [0.2, 0.25) is 0 Å². The van der Waals surface area contributed by atoms with Crippen molar-refractivity contribution < 1.29 is 23.6 Å². The first-order valence-corrected chi connectivity index (χ1v) is 6.92. The van der Waals surface area contributed by atoms with Gasteiger partial charge in [-0.2, -0.15) is 0 Å². The lowest BCUT2D eigenvalue weighted by molar-refractivity contribution is -0.384. The molecule has 0 radical (unpaired) electrons. The van der Waals surface area contributed by atoms with Crippen molar-refractivity contribution in [2.24, 2.45) is 0 Å². The predicted octanol–water partition coefficient (Wildman–Crippen LogP) is 3.14. The van der Waals surface area contributed by atoms with Crippen LogP contribution in [0, 0.1) is 15.9 Å². The summed E-state index contributed by atoms with van der Waals surface area (Å²) in [5, 5.41) is 13.7. The fourth-order valence-electron chi connectivity index (χ4n) is 2.05. The molecule has 0 amide bonds. The molecule has 1 N–H and O–H groups in total. The highest BCUT2D eigenvalue weighted by molar-refractivity contribution is 5.91. The smallest absolute Gasteiger partial charge is 0.338 e. The molecule has 0 aromatic heterocycles. The number of nitro benzene ring substituents is 1. The van der Waals surface area contributed by atoms with E-state index in [9.17, 15) is 19.3 Å². The van der Waals surface area contributed by atoms with E-state index in [0.717, 1.165) is 6.07 Å². The fraction of sp³-hybridized carbons (Fsp3) is 0.188. The highest BCUT2D eigenvalue weighted by Crippen LogP contribution is 2.25. The van der Waals surface area contributed by atoms with Gasteiger partial charge in [-0.25, -0.2) is 9.18 Å². The maximum absolute atomic E-state index is 13.6. The van der Waals surface area contributed by atoms with Crippen molar-refractivity contribution in [3.05, 3.63) is 63.5 Å². The number of nitro groups is 1. The maximum atomic E-state index is 13.6. The van der Waals surface area contributed by atoms with E-state index in [1.54, 1.807) is 13.1 Å². The molecule has 8 heteroatoms. The lowest BCUT2D eigenvalue weighted by Gasteiger charge is -2.08. The van der Waals surface area contributed by atoms with Gasteiger partial charge < -0.3 is 14.8 Å². The summed E-state index contributed by atoms with van der Waals surface area (Å²) in [4.78, 5) is 22.4. The molecule has 0 aliphatic heterocycles. The Morgan fingerprint density at radius 3 is 2.62 bits per heavy atom. The summed E-state index contributed by atoms with van der Waals surface area (Å²) in [5.41, 5.74) is 0.522. The van der Waals surface area contributed by atoms with Crippen LogP contribution in [-0.2, 0) is 11.3 Å². The van der Waals surface area contributed by atoms with Gasteiger partial charge in [-0.15, -0.1) is 0 Å². The van der Waals surface area contributed by atoms with Crippen LogP contribution >= 0.6 is 0 Å². The van der Waals surface area contributed by atoms with E-state index in [2.05, 4.69) is 5.32 Å². The Bertz CT molecular complexity index is 779. The third kappa shape index (κ3) is 3.78. The molecule has 7 nitrogen and oxygen atoms in total. The first-order valence-electron chi connectivity index (χ1n) is 6.92. The number of carbonyl (C=O) groups is 1. The van der Waals surface area contributed by atoms with Crippen molar-refractivity contribution in [1.82, 2.24) is 0 Å². The second-order valence-electron chi connectivity index (χ2n) is 4.78. The van der Waals surface area contributed by atoms with Crippen LogP contribution in [0.2, 0.25) is 0 Å². The van der Waals surface area contributed by atoms with E-state index in [0.29, 0.717) is 5.56 Å². The Hall–Kier alpha value is -3.16. The first kappa shape index (κ1) is 17.2. The van der Waals surface area contributed by atoms with Crippen LogP contribution in [0.5, 0.6) is 5.75 Å². The molecule has 0 fully saturated rings. The molecular weight excluding hydrogens is 319 g/mol. The van der Waals surface area contributed by atoms with Crippen molar-refractivity contribution in [3.8, 4) is 5.75 Å². The quantitative estimate of drug-likeness (QED) is 0.496.